The highest BCUT2D eigenvalue weighted by Gasteiger charge is 1.96. The van der Waals surface area contributed by atoms with E-state index in [2.05, 4.69) is 31.4 Å². The van der Waals surface area contributed by atoms with E-state index in [1.807, 2.05) is 0 Å². The third-order valence-electron chi connectivity index (χ3n) is 3.62. The first-order valence-corrected chi connectivity index (χ1v) is 10.1. The Morgan fingerprint density at radius 3 is 1.55 bits per heavy atom. The van der Waals surface area contributed by atoms with Crippen LogP contribution in [-0.2, 0) is 23.9 Å². The average Bonchev–Trinajstić information content (AvgIpc) is 2.71. The molecule has 0 aliphatic carbocycles. The summed E-state index contributed by atoms with van der Waals surface area (Å²) in [6.45, 7) is 14.1. The third kappa shape index (κ3) is 33.6. The van der Waals surface area contributed by atoms with Crippen molar-refractivity contribution in [1.82, 2.24) is 0 Å². The Morgan fingerprint density at radius 1 is 0.862 bits per heavy atom. The summed E-state index contributed by atoms with van der Waals surface area (Å²) in [6.07, 6.45) is 15.0. The van der Waals surface area contributed by atoms with Crippen LogP contribution < -0.4 is 0 Å². The number of hydrogen-bond donors (Lipinski definition) is 1. The monoisotopic (exact) mass is 412 g/mol. The Morgan fingerprint density at radius 2 is 1.28 bits per heavy atom. The third-order valence-corrected chi connectivity index (χ3v) is 3.62. The summed E-state index contributed by atoms with van der Waals surface area (Å²) in [6, 6.07) is 0. The molecule has 0 amide bonds. The Labute approximate surface area is 176 Å². The normalized spacial score (nSPS) is 8.93. The zero-order valence-electron chi connectivity index (χ0n) is 18.5. The first-order chi connectivity index (χ1) is 13.8. The summed E-state index contributed by atoms with van der Waals surface area (Å²) >= 11 is 0. The Balaban J connectivity index is -0.000000461. The molecule has 29 heavy (non-hydrogen) atoms. The highest BCUT2D eigenvalue weighted by Crippen LogP contribution is 2.10. The van der Waals surface area contributed by atoms with Crippen LogP contribution in [0.1, 0.15) is 78.1 Å². The number of ether oxygens (including phenoxy) is 2. The topological polar surface area (TPSA) is 89.9 Å². The first kappa shape index (κ1) is 31.3. The van der Waals surface area contributed by atoms with E-state index >= 15 is 0 Å². The van der Waals surface area contributed by atoms with Gasteiger partial charge in [0, 0.05) is 17.7 Å². The van der Waals surface area contributed by atoms with Crippen molar-refractivity contribution in [2.75, 3.05) is 13.7 Å². The van der Waals surface area contributed by atoms with Crippen LogP contribution in [0.5, 0.6) is 0 Å². The van der Waals surface area contributed by atoms with Gasteiger partial charge in [-0.15, -0.1) is 0 Å². The standard InChI is InChI=1S/C15H28O2.C5H8O2.C3H4O2/c1-3-5-6-7-8-9-10-11-12-13-14-17-15(16)4-2;1-4(2)5(6)7-3;1-2-3(4)5/h4H,2-3,5-14H2,1H3;1H2,2-3H3;2H,1H2,(H,4,5). The molecule has 0 aromatic heterocycles. The maximum absolute atomic E-state index is 10.7. The van der Waals surface area contributed by atoms with Crippen molar-refractivity contribution < 1.29 is 29.0 Å². The molecule has 0 bridgehead atoms. The van der Waals surface area contributed by atoms with Crippen LogP contribution in [0.2, 0.25) is 0 Å². The lowest BCUT2D eigenvalue weighted by molar-refractivity contribution is -0.138. The second-order valence-electron chi connectivity index (χ2n) is 6.37. The zero-order chi connectivity index (χ0) is 22.9. The van der Waals surface area contributed by atoms with Crippen molar-refractivity contribution in [3.05, 3.63) is 37.5 Å². The molecule has 0 heterocycles. The van der Waals surface area contributed by atoms with Gasteiger partial charge in [0.15, 0.2) is 0 Å². The Bertz CT molecular complexity index is 468. The molecule has 168 valence electrons. The van der Waals surface area contributed by atoms with Gasteiger partial charge in [0.1, 0.15) is 0 Å². The van der Waals surface area contributed by atoms with Crippen molar-refractivity contribution in [2.24, 2.45) is 0 Å². The average molecular weight is 413 g/mol. The molecule has 6 heteroatoms. The number of hydrogen-bond acceptors (Lipinski definition) is 5. The van der Waals surface area contributed by atoms with Crippen molar-refractivity contribution in [3.8, 4) is 0 Å². The van der Waals surface area contributed by atoms with Crippen LogP contribution in [0.25, 0.3) is 0 Å². The van der Waals surface area contributed by atoms with E-state index in [4.69, 9.17) is 9.84 Å². The van der Waals surface area contributed by atoms with Gasteiger partial charge in [-0.25, -0.2) is 14.4 Å². The first-order valence-electron chi connectivity index (χ1n) is 10.1. The number of carbonyl (C=O) groups is 3. The number of aliphatic carboxylic acids is 1. The molecule has 0 aromatic rings. The largest absolute Gasteiger partial charge is 0.478 e. The quantitative estimate of drug-likeness (QED) is 0.226. The molecule has 0 saturated carbocycles. The van der Waals surface area contributed by atoms with Crippen LogP contribution in [0, 0.1) is 0 Å². The van der Waals surface area contributed by atoms with E-state index in [0.717, 1.165) is 12.5 Å². The van der Waals surface area contributed by atoms with E-state index in [9.17, 15) is 14.4 Å². The lowest BCUT2D eigenvalue weighted by atomic mass is 10.1. The second-order valence-corrected chi connectivity index (χ2v) is 6.37. The van der Waals surface area contributed by atoms with E-state index in [1.54, 1.807) is 6.92 Å². The molecule has 1 N–H and O–H groups in total. The zero-order valence-corrected chi connectivity index (χ0v) is 18.5. The molecule has 6 nitrogen and oxygen atoms in total. The number of carbonyl (C=O) groups excluding carboxylic acids is 2. The fourth-order valence-corrected chi connectivity index (χ4v) is 2.00. The molecule has 0 saturated heterocycles. The number of esters is 2. The van der Waals surface area contributed by atoms with Crippen molar-refractivity contribution in [1.29, 1.82) is 0 Å². The summed E-state index contributed by atoms with van der Waals surface area (Å²) < 4.78 is 9.18. The van der Waals surface area contributed by atoms with Gasteiger partial charge in [0.2, 0.25) is 0 Å². The van der Waals surface area contributed by atoms with Gasteiger partial charge in [-0.1, -0.05) is 84.4 Å². The van der Waals surface area contributed by atoms with Crippen molar-refractivity contribution in [3.63, 3.8) is 0 Å². The van der Waals surface area contributed by atoms with Crippen LogP contribution in [0.3, 0.4) is 0 Å². The van der Waals surface area contributed by atoms with Crippen LogP contribution in [-0.4, -0.2) is 36.7 Å². The fourth-order valence-electron chi connectivity index (χ4n) is 2.00. The smallest absolute Gasteiger partial charge is 0.332 e. The predicted molar refractivity (Wildman–Crippen MR) is 118 cm³/mol. The molecule has 0 aromatic carbocycles. The van der Waals surface area contributed by atoms with Gasteiger partial charge < -0.3 is 14.6 Å². The van der Waals surface area contributed by atoms with Crippen LogP contribution in [0.15, 0.2) is 37.5 Å². The van der Waals surface area contributed by atoms with Gasteiger partial charge in [-0.2, -0.15) is 0 Å². The molecule has 0 radical (unpaired) electrons. The summed E-state index contributed by atoms with van der Waals surface area (Å²) in [4.78, 5) is 30.2. The van der Waals surface area contributed by atoms with Gasteiger partial charge in [-0.3, -0.25) is 0 Å². The second kappa shape index (κ2) is 25.6. The van der Waals surface area contributed by atoms with Gasteiger partial charge in [0.25, 0.3) is 0 Å². The van der Waals surface area contributed by atoms with Gasteiger partial charge in [0.05, 0.1) is 13.7 Å². The maximum atomic E-state index is 10.7. The molecular formula is C23H40O6. The van der Waals surface area contributed by atoms with Crippen molar-refractivity contribution >= 4 is 17.9 Å². The molecule has 0 aliphatic rings. The summed E-state index contributed by atoms with van der Waals surface area (Å²) in [5.41, 5.74) is 0.433. The summed E-state index contributed by atoms with van der Waals surface area (Å²) in [7, 11) is 1.33. The lowest BCUT2D eigenvalue weighted by Gasteiger charge is -2.03. The van der Waals surface area contributed by atoms with E-state index < -0.39 is 5.97 Å². The number of carboxylic acid groups (broad SMARTS) is 1. The molecular weight excluding hydrogens is 372 g/mol. The highest BCUT2D eigenvalue weighted by atomic mass is 16.5. The SMILES string of the molecule is C=C(C)C(=O)OC.C=CC(=O)O.C=CC(=O)OCCCCCCCCCCCC. The number of rotatable bonds is 14. The van der Waals surface area contributed by atoms with Crippen LogP contribution >= 0.6 is 0 Å². The minimum Gasteiger partial charge on any atom is -0.478 e. The van der Waals surface area contributed by atoms with E-state index in [-0.39, 0.29) is 11.9 Å². The molecule has 0 fully saturated rings. The van der Waals surface area contributed by atoms with Crippen molar-refractivity contribution in [2.45, 2.75) is 78.1 Å². The lowest BCUT2D eigenvalue weighted by Crippen LogP contribution is -2.01. The van der Waals surface area contributed by atoms with Crippen LogP contribution in [0.4, 0.5) is 0 Å². The molecule has 0 atom stereocenters. The number of carboxylic acids is 1. The number of unbranched alkanes of at least 4 members (excludes halogenated alkanes) is 9. The molecule has 0 unspecified atom stereocenters. The predicted octanol–water partition coefficient (Wildman–Crippen LogP) is 5.63. The Kier molecular flexibility index (Phi) is 27.7. The highest BCUT2D eigenvalue weighted by molar-refractivity contribution is 5.86. The maximum Gasteiger partial charge on any atom is 0.332 e. The van der Waals surface area contributed by atoms with Gasteiger partial charge in [-0.05, 0) is 13.3 Å². The van der Waals surface area contributed by atoms with E-state index in [0.29, 0.717) is 12.2 Å². The molecule has 0 rings (SSSR count). The molecule has 0 spiro atoms. The fraction of sp³-hybridized carbons (Fsp3) is 0.609. The molecule has 0 aliphatic heterocycles. The van der Waals surface area contributed by atoms with Gasteiger partial charge >= 0.3 is 17.9 Å². The minimum atomic E-state index is -0.981. The minimum absolute atomic E-state index is 0.305. The Hall–Kier alpha value is -2.37. The van der Waals surface area contributed by atoms with E-state index in [1.165, 1.54) is 71.0 Å². The number of methoxy groups -OCH3 is 1. The summed E-state index contributed by atoms with van der Waals surface area (Å²) in [5.74, 6) is -1.63. The summed E-state index contributed by atoms with van der Waals surface area (Å²) in [5, 5.41) is 7.60.